The molecule has 0 heterocycles. The third-order valence-electron chi connectivity index (χ3n) is 2.55. The van der Waals surface area contributed by atoms with E-state index in [0.29, 0.717) is 0 Å². The zero-order valence-corrected chi connectivity index (χ0v) is 11.4. The molecule has 4 nitrogen and oxygen atoms in total. The fraction of sp³-hybridized carbons (Fsp3) is 0.462. The smallest absolute Gasteiger partial charge is 0.406 e. The molecular weight excluding hydrogens is 273 g/mol. The van der Waals surface area contributed by atoms with Crippen LogP contribution in [0.3, 0.4) is 0 Å². The Morgan fingerprint density at radius 2 is 1.90 bits per heavy atom. The quantitative estimate of drug-likeness (QED) is 0.899. The first kappa shape index (κ1) is 16.3. The molecule has 20 heavy (non-hydrogen) atoms. The maximum Gasteiger partial charge on any atom is 0.573 e. The Labute approximate surface area is 115 Å². The van der Waals surface area contributed by atoms with Crippen LogP contribution < -0.4 is 15.8 Å². The highest BCUT2D eigenvalue weighted by Crippen LogP contribution is 2.25. The van der Waals surface area contributed by atoms with Crippen molar-refractivity contribution >= 4 is 11.6 Å². The Bertz CT molecular complexity index is 481. The molecule has 0 aliphatic heterocycles. The number of benzene rings is 1. The zero-order chi connectivity index (χ0) is 15.6. The number of nitrogens with two attached hydrogens (primary N) is 1. The van der Waals surface area contributed by atoms with Crippen LogP contribution in [0.25, 0.3) is 0 Å². The fourth-order valence-electron chi connectivity index (χ4n) is 1.38. The topological polar surface area (TPSA) is 64.4 Å². The third-order valence-corrected chi connectivity index (χ3v) is 2.55. The number of halogens is 3. The van der Waals surface area contributed by atoms with Crippen LogP contribution in [0.5, 0.6) is 5.75 Å². The van der Waals surface area contributed by atoms with Gasteiger partial charge in [0.1, 0.15) is 5.75 Å². The SMILES string of the molecule is CC(C)(C)C(N)C(=O)Nc1cccc(OC(F)(F)F)c1. The van der Waals surface area contributed by atoms with Gasteiger partial charge in [0.15, 0.2) is 0 Å². The maximum atomic E-state index is 12.1. The highest BCUT2D eigenvalue weighted by atomic mass is 19.4. The predicted molar refractivity (Wildman–Crippen MR) is 69.2 cm³/mol. The zero-order valence-electron chi connectivity index (χ0n) is 11.4. The van der Waals surface area contributed by atoms with Crippen molar-refractivity contribution in [3.8, 4) is 5.75 Å². The molecule has 1 rings (SSSR count). The predicted octanol–water partition coefficient (Wildman–Crippen LogP) is 2.90. The van der Waals surface area contributed by atoms with E-state index in [1.807, 2.05) is 0 Å². The van der Waals surface area contributed by atoms with Crippen LogP contribution in [-0.4, -0.2) is 18.3 Å². The number of hydrogen-bond donors (Lipinski definition) is 2. The lowest BCUT2D eigenvalue weighted by atomic mass is 9.87. The molecule has 1 aromatic carbocycles. The second-order valence-corrected chi connectivity index (χ2v) is 5.41. The van der Waals surface area contributed by atoms with E-state index in [-0.39, 0.29) is 5.69 Å². The summed E-state index contributed by atoms with van der Waals surface area (Å²) in [5.41, 5.74) is 5.50. The van der Waals surface area contributed by atoms with Gasteiger partial charge in [-0.25, -0.2) is 0 Å². The Morgan fingerprint density at radius 3 is 2.40 bits per heavy atom. The summed E-state index contributed by atoms with van der Waals surface area (Å²) in [5.74, 6) is -0.874. The molecule has 0 aliphatic carbocycles. The summed E-state index contributed by atoms with van der Waals surface area (Å²) in [6.45, 7) is 5.38. The van der Waals surface area contributed by atoms with Crippen LogP contribution in [-0.2, 0) is 4.79 Å². The third kappa shape index (κ3) is 5.08. The minimum absolute atomic E-state index is 0.191. The van der Waals surface area contributed by atoms with Gasteiger partial charge < -0.3 is 15.8 Å². The molecule has 1 amide bonds. The monoisotopic (exact) mass is 290 g/mol. The van der Waals surface area contributed by atoms with Gasteiger partial charge in [-0.05, 0) is 17.5 Å². The molecule has 0 spiro atoms. The largest absolute Gasteiger partial charge is 0.573 e. The average Bonchev–Trinajstić information content (AvgIpc) is 2.24. The van der Waals surface area contributed by atoms with E-state index < -0.39 is 29.5 Å². The van der Waals surface area contributed by atoms with E-state index in [9.17, 15) is 18.0 Å². The van der Waals surface area contributed by atoms with E-state index >= 15 is 0 Å². The number of alkyl halides is 3. The van der Waals surface area contributed by atoms with Crippen molar-refractivity contribution < 1.29 is 22.7 Å². The molecule has 0 aromatic heterocycles. The lowest BCUT2D eigenvalue weighted by molar-refractivity contribution is -0.274. The Hall–Kier alpha value is -1.76. The number of rotatable bonds is 3. The van der Waals surface area contributed by atoms with Gasteiger partial charge in [-0.3, -0.25) is 4.79 Å². The first-order valence-corrected chi connectivity index (χ1v) is 5.91. The molecule has 112 valence electrons. The molecule has 0 bridgehead atoms. The summed E-state index contributed by atoms with van der Waals surface area (Å²) >= 11 is 0. The average molecular weight is 290 g/mol. The number of carbonyl (C=O) groups is 1. The standard InChI is InChI=1S/C13H17F3N2O2/c1-12(2,3)10(17)11(19)18-8-5-4-6-9(7-8)20-13(14,15)16/h4-7,10H,17H2,1-3H3,(H,18,19). The number of anilines is 1. The molecule has 0 saturated heterocycles. The van der Waals surface area contributed by atoms with Crippen LogP contribution in [0.4, 0.5) is 18.9 Å². The normalized spacial score (nSPS) is 13.8. The van der Waals surface area contributed by atoms with Crippen LogP contribution >= 0.6 is 0 Å². The van der Waals surface area contributed by atoms with Crippen molar-refractivity contribution in [2.45, 2.75) is 33.2 Å². The van der Waals surface area contributed by atoms with Crippen LogP contribution in [0.1, 0.15) is 20.8 Å². The van der Waals surface area contributed by atoms with Crippen molar-refractivity contribution in [1.82, 2.24) is 0 Å². The maximum absolute atomic E-state index is 12.1. The summed E-state index contributed by atoms with van der Waals surface area (Å²) in [4.78, 5) is 11.9. The van der Waals surface area contributed by atoms with Crippen molar-refractivity contribution in [3.05, 3.63) is 24.3 Å². The Balaban J connectivity index is 2.79. The molecule has 0 saturated carbocycles. The number of amides is 1. The van der Waals surface area contributed by atoms with Gasteiger partial charge in [0.2, 0.25) is 5.91 Å². The highest BCUT2D eigenvalue weighted by molar-refractivity contribution is 5.95. The number of carbonyl (C=O) groups excluding carboxylic acids is 1. The van der Waals surface area contributed by atoms with Crippen molar-refractivity contribution in [1.29, 1.82) is 0 Å². The summed E-state index contributed by atoms with van der Waals surface area (Å²) in [6, 6.07) is 4.25. The van der Waals surface area contributed by atoms with Crippen LogP contribution in [0.15, 0.2) is 24.3 Å². The first-order valence-electron chi connectivity index (χ1n) is 5.91. The van der Waals surface area contributed by atoms with Crippen LogP contribution in [0.2, 0.25) is 0 Å². The lowest BCUT2D eigenvalue weighted by Crippen LogP contribution is -2.45. The van der Waals surface area contributed by atoms with Crippen molar-refractivity contribution in [3.63, 3.8) is 0 Å². The second kappa shape index (κ2) is 5.70. The first-order chi connectivity index (χ1) is 8.99. The van der Waals surface area contributed by atoms with E-state index in [0.717, 1.165) is 12.1 Å². The van der Waals surface area contributed by atoms with E-state index in [1.54, 1.807) is 20.8 Å². The molecule has 7 heteroatoms. The fourth-order valence-corrected chi connectivity index (χ4v) is 1.38. The Morgan fingerprint density at radius 1 is 1.30 bits per heavy atom. The molecular formula is C13H17F3N2O2. The minimum atomic E-state index is -4.77. The van der Waals surface area contributed by atoms with Crippen molar-refractivity contribution in [2.75, 3.05) is 5.32 Å². The molecule has 1 unspecified atom stereocenters. The number of hydrogen-bond acceptors (Lipinski definition) is 3. The van der Waals surface area contributed by atoms with Crippen molar-refractivity contribution in [2.24, 2.45) is 11.1 Å². The van der Waals surface area contributed by atoms with E-state index in [4.69, 9.17) is 5.73 Å². The van der Waals surface area contributed by atoms with E-state index in [1.165, 1.54) is 12.1 Å². The molecule has 3 N–H and O–H groups in total. The van der Waals surface area contributed by atoms with Gasteiger partial charge in [0.25, 0.3) is 0 Å². The van der Waals surface area contributed by atoms with E-state index in [2.05, 4.69) is 10.1 Å². The van der Waals surface area contributed by atoms with Gasteiger partial charge in [-0.15, -0.1) is 13.2 Å². The van der Waals surface area contributed by atoms with Gasteiger partial charge in [0, 0.05) is 11.8 Å². The Kier molecular flexibility index (Phi) is 4.65. The molecule has 0 fully saturated rings. The summed E-state index contributed by atoms with van der Waals surface area (Å²) < 4.78 is 40.0. The van der Waals surface area contributed by atoms with Gasteiger partial charge in [-0.1, -0.05) is 26.8 Å². The summed E-state index contributed by atoms with van der Waals surface area (Å²) in [5, 5.41) is 2.46. The molecule has 1 atom stereocenters. The molecule has 1 aromatic rings. The minimum Gasteiger partial charge on any atom is -0.406 e. The lowest BCUT2D eigenvalue weighted by Gasteiger charge is -2.25. The summed E-state index contributed by atoms with van der Waals surface area (Å²) in [6.07, 6.45) is -4.77. The second-order valence-electron chi connectivity index (χ2n) is 5.41. The van der Waals surface area contributed by atoms with Crippen LogP contribution in [0, 0.1) is 5.41 Å². The van der Waals surface area contributed by atoms with Gasteiger partial charge >= 0.3 is 6.36 Å². The van der Waals surface area contributed by atoms with Gasteiger partial charge in [0.05, 0.1) is 6.04 Å². The molecule has 0 aliphatic rings. The highest BCUT2D eigenvalue weighted by Gasteiger charge is 2.31. The number of ether oxygens (including phenoxy) is 1. The molecule has 0 radical (unpaired) electrons. The number of nitrogens with one attached hydrogen (secondary N) is 1. The van der Waals surface area contributed by atoms with Gasteiger partial charge in [-0.2, -0.15) is 0 Å². The summed E-state index contributed by atoms with van der Waals surface area (Å²) in [7, 11) is 0.